The van der Waals surface area contributed by atoms with E-state index in [-0.39, 0.29) is 23.9 Å². The summed E-state index contributed by atoms with van der Waals surface area (Å²) in [6.45, 7) is 5.66. The van der Waals surface area contributed by atoms with E-state index in [0.29, 0.717) is 5.84 Å². The van der Waals surface area contributed by atoms with Crippen LogP contribution >= 0.6 is 0 Å². The largest absolute Gasteiger partial charge is 0.299 e. The zero-order valence-electron chi connectivity index (χ0n) is 15.0. The molecule has 0 fully saturated rings. The number of nitrogens with zero attached hydrogens (tertiary/aromatic N) is 4. The molecule has 6 nitrogen and oxygen atoms in total. The van der Waals surface area contributed by atoms with Gasteiger partial charge in [0.15, 0.2) is 5.84 Å². The number of nitrogens with one attached hydrogen (secondary N) is 1. The molecule has 0 bridgehead atoms. The summed E-state index contributed by atoms with van der Waals surface area (Å²) in [5, 5.41) is 7.57. The second kappa shape index (κ2) is 7.11. The fourth-order valence-corrected chi connectivity index (χ4v) is 2.84. The maximum Gasteiger partial charge on any atom is 0.155 e. The van der Waals surface area contributed by atoms with E-state index in [0.717, 1.165) is 16.7 Å². The predicted octanol–water partition coefficient (Wildman–Crippen LogP) is 2.45. The summed E-state index contributed by atoms with van der Waals surface area (Å²) in [4.78, 5) is 21.0. The van der Waals surface area contributed by atoms with Gasteiger partial charge in [-0.1, -0.05) is 18.2 Å². The number of amidine groups is 1. The summed E-state index contributed by atoms with van der Waals surface area (Å²) in [7, 11) is 1.90. The molecule has 2 heterocycles. The smallest absolute Gasteiger partial charge is 0.155 e. The highest BCUT2D eigenvalue weighted by Crippen LogP contribution is 2.22. The van der Waals surface area contributed by atoms with Crippen LogP contribution in [0.4, 0.5) is 0 Å². The van der Waals surface area contributed by atoms with Crippen LogP contribution in [-0.4, -0.2) is 39.8 Å². The third-order valence-electron chi connectivity index (χ3n) is 4.09. The first-order chi connectivity index (χ1) is 11.9. The van der Waals surface area contributed by atoms with Crippen LogP contribution in [-0.2, 0) is 11.8 Å². The van der Waals surface area contributed by atoms with Crippen molar-refractivity contribution >= 4 is 17.8 Å². The Morgan fingerprint density at radius 1 is 1.24 bits per heavy atom. The number of hydrogen-bond acceptors (Lipinski definition) is 5. The fourth-order valence-electron chi connectivity index (χ4n) is 2.84. The molecule has 2 aromatic rings. The molecule has 1 aliphatic rings. The zero-order chi connectivity index (χ0) is 18.0. The molecule has 3 rings (SSSR count). The minimum atomic E-state index is -0.326. The summed E-state index contributed by atoms with van der Waals surface area (Å²) in [5.74, 6) is 0.378. The van der Waals surface area contributed by atoms with Crippen molar-refractivity contribution in [1.82, 2.24) is 15.1 Å². The number of benzene rings is 1. The summed E-state index contributed by atoms with van der Waals surface area (Å²) >= 11 is 0. The maximum absolute atomic E-state index is 11.9. The van der Waals surface area contributed by atoms with E-state index in [1.165, 1.54) is 0 Å². The van der Waals surface area contributed by atoms with Gasteiger partial charge in [-0.25, -0.2) is 9.98 Å². The van der Waals surface area contributed by atoms with Crippen LogP contribution in [0.15, 0.2) is 46.6 Å². The Kier molecular flexibility index (Phi) is 4.90. The molecule has 25 heavy (non-hydrogen) atoms. The average Bonchev–Trinajstić information content (AvgIpc) is 3.00. The van der Waals surface area contributed by atoms with E-state index >= 15 is 0 Å². The normalized spacial score (nSPS) is 20.0. The molecule has 2 unspecified atom stereocenters. The Morgan fingerprint density at radius 3 is 2.64 bits per heavy atom. The van der Waals surface area contributed by atoms with Crippen molar-refractivity contribution in [2.24, 2.45) is 23.0 Å². The second-order valence-corrected chi connectivity index (χ2v) is 6.62. The highest BCUT2D eigenvalue weighted by molar-refractivity contribution is 6.08. The first kappa shape index (κ1) is 17.2. The topological polar surface area (TPSA) is 71.6 Å². The molecule has 0 aliphatic carbocycles. The van der Waals surface area contributed by atoms with Crippen LogP contribution < -0.4 is 5.32 Å². The molecule has 2 atom stereocenters. The molecule has 0 radical (unpaired) electrons. The van der Waals surface area contributed by atoms with Gasteiger partial charge in [-0.05, 0) is 32.4 Å². The van der Waals surface area contributed by atoms with Crippen molar-refractivity contribution in [1.29, 1.82) is 0 Å². The fraction of sp³-hybridized carbons (Fsp3) is 0.368. The van der Waals surface area contributed by atoms with Gasteiger partial charge >= 0.3 is 0 Å². The number of hydrogen-bond donors (Lipinski definition) is 1. The number of aryl methyl sites for hydroxylation is 1. The lowest BCUT2D eigenvalue weighted by Gasteiger charge is -2.25. The van der Waals surface area contributed by atoms with E-state index in [4.69, 9.17) is 4.99 Å². The number of ketones is 1. The van der Waals surface area contributed by atoms with Crippen molar-refractivity contribution < 1.29 is 4.79 Å². The molecule has 0 saturated carbocycles. The van der Waals surface area contributed by atoms with E-state index in [9.17, 15) is 4.79 Å². The van der Waals surface area contributed by atoms with Gasteiger partial charge in [-0.15, -0.1) is 0 Å². The van der Waals surface area contributed by atoms with E-state index in [1.54, 1.807) is 17.8 Å². The van der Waals surface area contributed by atoms with Crippen LogP contribution in [0.25, 0.3) is 11.1 Å². The lowest BCUT2D eigenvalue weighted by atomic mass is 10.00. The third-order valence-corrected chi connectivity index (χ3v) is 4.09. The quantitative estimate of drug-likeness (QED) is 0.911. The molecule has 1 aromatic carbocycles. The number of aliphatic imine (C=N–C) groups is 2. The highest BCUT2D eigenvalue weighted by Gasteiger charge is 2.27. The van der Waals surface area contributed by atoms with Gasteiger partial charge in [-0.2, -0.15) is 5.10 Å². The minimum absolute atomic E-state index is 0.0637. The van der Waals surface area contributed by atoms with Crippen LogP contribution in [0, 0.1) is 5.92 Å². The number of Topliss-reactive ketones (excluding diaryl/α,β-unsaturated/α-hetero) is 1. The number of aromatic nitrogens is 2. The number of carbonyl (C=O) groups excluding carboxylic acids is 1. The molecule has 0 spiro atoms. The Labute approximate surface area is 147 Å². The van der Waals surface area contributed by atoms with Gasteiger partial charge in [0.2, 0.25) is 0 Å². The molecule has 6 heteroatoms. The molecule has 1 N–H and O–H groups in total. The lowest BCUT2D eigenvalue weighted by Crippen LogP contribution is -2.44. The third kappa shape index (κ3) is 3.91. The minimum Gasteiger partial charge on any atom is -0.299 e. The molecule has 0 amide bonds. The van der Waals surface area contributed by atoms with Crippen molar-refractivity contribution in [2.75, 3.05) is 0 Å². The maximum atomic E-state index is 11.9. The Bertz CT molecular complexity index is 834. The highest BCUT2D eigenvalue weighted by atomic mass is 16.1. The molecular formula is C19H23N5O. The molecular weight excluding hydrogens is 314 g/mol. The monoisotopic (exact) mass is 337 g/mol. The molecule has 130 valence electrons. The van der Waals surface area contributed by atoms with Crippen molar-refractivity contribution in [3.05, 3.63) is 42.2 Å². The zero-order valence-corrected chi connectivity index (χ0v) is 15.0. The summed E-state index contributed by atoms with van der Waals surface area (Å²) in [6.07, 6.45) is 5.23. The van der Waals surface area contributed by atoms with Gasteiger partial charge in [0, 0.05) is 36.6 Å². The van der Waals surface area contributed by atoms with Crippen LogP contribution in [0.3, 0.4) is 0 Å². The molecule has 0 saturated heterocycles. The van der Waals surface area contributed by atoms with E-state index < -0.39 is 0 Å². The molecule has 1 aliphatic heterocycles. The SMILES string of the molecule is CC(=O)C1C=NC(c2cccc(-c3cnn(C)c3)c2)=NC1NC(C)C. The lowest BCUT2D eigenvalue weighted by molar-refractivity contribution is -0.119. The first-order valence-electron chi connectivity index (χ1n) is 8.42. The van der Waals surface area contributed by atoms with Gasteiger partial charge in [0.1, 0.15) is 11.9 Å². The first-order valence-corrected chi connectivity index (χ1v) is 8.42. The molecule has 1 aromatic heterocycles. The standard InChI is InChI=1S/C19H23N5O/c1-12(2)22-19-17(13(3)25)10-20-18(23-19)15-7-5-6-14(8-15)16-9-21-24(4)11-16/h5-12,17,19,22H,1-4H3. The van der Waals surface area contributed by atoms with Gasteiger partial charge in [0.05, 0.1) is 12.1 Å². The van der Waals surface area contributed by atoms with Crippen LogP contribution in [0.5, 0.6) is 0 Å². The van der Waals surface area contributed by atoms with Crippen molar-refractivity contribution in [3.8, 4) is 11.1 Å². The van der Waals surface area contributed by atoms with Gasteiger partial charge in [-0.3, -0.25) is 14.8 Å². The average molecular weight is 337 g/mol. The number of carbonyl (C=O) groups is 1. The van der Waals surface area contributed by atoms with Crippen LogP contribution in [0.2, 0.25) is 0 Å². The Balaban J connectivity index is 1.93. The summed E-state index contributed by atoms with van der Waals surface area (Å²) in [5.41, 5.74) is 3.03. The van der Waals surface area contributed by atoms with Gasteiger partial charge in [0.25, 0.3) is 0 Å². The number of rotatable bonds is 5. The van der Waals surface area contributed by atoms with Gasteiger partial charge < -0.3 is 0 Å². The summed E-state index contributed by atoms with van der Waals surface area (Å²) in [6, 6.07) is 8.28. The van der Waals surface area contributed by atoms with Crippen LogP contribution in [0.1, 0.15) is 26.3 Å². The van der Waals surface area contributed by atoms with E-state index in [2.05, 4.69) is 15.4 Å². The summed E-state index contributed by atoms with van der Waals surface area (Å²) < 4.78 is 1.78. The predicted molar refractivity (Wildman–Crippen MR) is 99.9 cm³/mol. The Morgan fingerprint density at radius 2 is 2.00 bits per heavy atom. The van der Waals surface area contributed by atoms with Crippen molar-refractivity contribution in [2.45, 2.75) is 33.0 Å². The van der Waals surface area contributed by atoms with Crippen molar-refractivity contribution in [3.63, 3.8) is 0 Å². The Hall–Kier alpha value is -2.60. The second-order valence-electron chi connectivity index (χ2n) is 6.62. The van der Waals surface area contributed by atoms with E-state index in [1.807, 2.05) is 57.6 Å².